The fourth-order valence-corrected chi connectivity index (χ4v) is 3.85. The molecule has 2 aromatic carbocycles. The van der Waals surface area contributed by atoms with Gasteiger partial charge < -0.3 is 5.11 Å². The number of pyridine rings is 1. The molecule has 0 bridgehead atoms. The maximum atomic E-state index is 11.0. The number of nitrogens with zero attached hydrogens (tertiary/aromatic N) is 1. The van der Waals surface area contributed by atoms with Gasteiger partial charge in [-0.1, -0.05) is 57.3 Å². The van der Waals surface area contributed by atoms with Crippen molar-refractivity contribution in [1.29, 1.82) is 0 Å². The number of halogens is 3. The summed E-state index contributed by atoms with van der Waals surface area (Å²) in [5.74, 6) is -0.132. The van der Waals surface area contributed by atoms with Gasteiger partial charge in [0.1, 0.15) is 0 Å². The summed E-state index contributed by atoms with van der Waals surface area (Å²) in [5.41, 5.74) is 3.07. The normalized spacial score (nSPS) is 13.4. The van der Waals surface area contributed by atoms with Crippen molar-refractivity contribution >= 4 is 39.1 Å². The molecule has 0 amide bonds. The van der Waals surface area contributed by atoms with E-state index < -0.39 is 6.10 Å². The van der Waals surface area contributed by atoms with Crippen LogP contribution in [0.3, 0.4) is 0 Å². The van der Waals surface area contributed by atoms with Crippen LogP contribution in [0.15, 0.2) is 71.5 Å². The molecule has 0 unspecified atom stereocenters. The second-order valence-electron chi connectivity index (χ2n) is 6.27. The average molecular weight is 451 g/mol. The molecule has 0 aliphatic heterocycles. The molecule has 0 fully saturated rings. The van der Waals surface area contributed by atoms with Crippen molar-refractivity contribution in [1.82, 2.24) is 4.98 Å². The fourth-order valence-electron chi connectivity index (χ4n) is 3.04. The van der Waals surface area contributed by atoms with Gasteiger partial charge in [-0.2, -0.15) is 0 Å². The monoisotopic (exact) mass is 449 g/mol. The van der Waals surface area contributed by atoms with E-state index in [0.29, 0.717) is 22.9 Å². The third-order valence-electron chi connectivity index (χ3n) is 4.31. The van der Waals surface area contributed by atoms with Gasteiger partial charge in [-0.05, 0) is 59.5 Å². The second kappa shape index (κ2) is 9.01. The quantitative estimate of drug-likeness (QED) is 0.493. The Morgan fingerprint density at radius 1 is 0.923 bits per heavy atom. The highest BCUT2D eigenvalue weighted by molar-refractivity contribution is 9.10. The van der Waals surface area contributed by atoms with Crippen molar-refractivity contribution in [3.8, 4) is 0 Å². The van der Waals surface area contributed by atoms with Crippen molar-refractivity contribution in [2.24, 2.45) is 0 Å². The molecule has 3 rings (SSSR count). The van der Waals surface area contributed by atoms with E-state index in [4.69, 9.17) is 23.2 Å². The molecule has 0 spiro atoms. The Morgan fingerprint density at radius 3 is 2.23 bits per heavy atom. The number of hydrogen-bond acceptors (Lipinski definition) is 2. The summed E-state index contributed by atoms with van der Waals surface area (Å²) < 4.78 is 1.03. The maximum Gasteiger partial charge on any atom is 0.0652 e. The van der Waals surface area contributed by atoms with Gasteiger partial charge >= 0.3 is 0 Å². The van der Waals surface area contributed by atoms with Crippen LogP contribution < -0.4 is 0 Å². The maximum absolute atomic E-state index is 11.0. The molecule has 0 radical (unpaired) electrons. The third kappa shape index (κ3) is 5.31. The Balaban J connectivity index is 1.90. The lowest BCUT2D eigenvalue weighted by molar-refractivity contribution is 0.142. The van der Waals surface area contributed by atoms with Crippen LogP contribution >= 0.6 is 39.1 Å². The summed E-state index contributed by atoms with van der Waals surface area (Å²) >= 11 is 15.9. The zero-order chi connectivity index (χ0) is 18.5. The minimum Gasteiger partial charge on any atom is -0.392 e. The Bertz CT molecular complexity index is 835. The number of aliphatic hydroxyl groups excluding tert-OH is 1. The van der Waals surface area contributed by atoms with E-state index in [9.17, 15) is 5.11 Å². The van der Waals surface area contributed by atoms with E-state index in [1.807, 2.05) is 36.4 Å². The minimum atomic E-state index is -0.586. The summed E-state index contributed by atoms with van der Waals surface area (Å²) in [6, 6.07) is 17.4. The lowest BCUT2D eigenvalue weighted by Crippen LogP contribution is -2.23. The summed E-state index contributed by atoms with van der Waals surface area (Å²) in [5, 5.41) is 12.1. The third-order valence-corrected chi connectivity index (χ3v) is 5.28. The number of rotatable bonds is 6. The summed E-state index contributed by atoms with van der Waals surface area (Å²) in [4.78, 5) is 4.13. The van der Waals surface area contributed by atoms with Gasteiger partial charge in [-0.15, -0.1) is 0 Å². The van der Waals surface area contributed by atoms with E-state index >= 15 is 0 Å². The second-order valence-corrected chi connectivity index (χ2v) is 8.06. The topological polar surface area (TPSA) is 33.1 Å². The largest absolute Gasteiger partial charge is 0.392 e. The van der Waals surface area contributed by atoms with Gasteiger partial charge in [0.15, 0.2) is 0 Å². The SMILES string of the molecule is O[C@H](Cc1cccnc1)[C@H](Cc1ccc(Br)cc1)c1cc(Cl)cc(Cl)c1. The van der Waals surface area contributed by atoms with Gasteiger partial charge in [0.2, 0.25) is 0 Å². The number of aliphatic hydroxyl groups is 1. The summed E-state index contributed by atoms with van der Waals surface area (Å²) in [6.45, 7) is 0. The number of aromatic nitrogens is 1. The zero-order valence-electron chi connectivity index (χ0n) is 13.9. The minimum absolute atomic E-state index is 0.132. The first kappa shape index (κ1) is 19.4. The molecule has 1 N–H and O–H groups in total. The van der Waals surface area contributed by atoms with Crippen LogP contribution in [-0.4, -0.2) is 16.2 Å². The lowest BCUT2D eigenvalue weighted by atomic mass is 9.85. The fraction of sp³-hybridized carbons (Fsp3) is 0.190. The molecule has 26 heavy (non-hydrogen) atoms. The molecule has 2 nitrogen and oxygen atoms in total. The van der Waals surface area contributed by atoms with Crippen LogP contribution in [0.4, 0.5) is 0 Å². The summed E-state index contributed by atoms with van der Waals surface area (Å²) in [7, 11) is 0. The van der Waals surface area contributed by atoms with Crippen LogP contribution in [-0.2, 0) is 12.8 Å². The first-order chi connectivity index (χ1) is 12.5. The molecule has 0 aliphatic rings. The standard InChI is InChI=1S/C21H18BrCl2NO/c22-17-5-3-14(4-6-17)8-20(16-10-18(23)12-19(24)11-16)21(26)9-15-2-1-7-25-13-15/h1-7,10-13,20-21,26H,8-9H2/t20-,21-/m1/s1. The van der Waals surface area contributed by atoms with Crippen molar-refractivity contribution in [3.05, 3.63) is 98.2 Å². The van der Waals surface area contributed by atoms with E-state index in [1.165, 1.54) is 0 Å². The highest BCUT2D eigenvalue weighted by atomic mass is 79.9. The molecule has 0 aliphatic carbocycles. The van der Waals surface area contributed by atoms with Crippen LogP contribution in [0.25, 0.3) is 0 Å². The Labute approximate surface area is 171 Å². The van der Waals surface area contributed by atoms with Crippen LogP contribution in [0.2, 0.25) is 10.0 Å². The number of benzene rings is 2. The molecular formula is C21H18BrCl2NO. The van der Waals surface area contributed by atoms with Gasteiger partial charge in [0.05, 0.1) is 6.10 Å². The Hall–Kier alpha value is -1.39. The van der Waals surface area contributed by atoms with Crippen molar-refractivity contribution in [2.75, 3.05) is 0 Å². The number of hydrogen-bond donors (Lipinski definition) is 1. The predicted molar refractivity (Wildman–Crippen MR) is 111 cm³/mol. The van der Waals surface area contributed by atoms with E-state index in [-0.39, 0.29) is 5.92 Å². The average Bonchev–Trinajstić information content (AvgIpc) is 2.61. The van der Waals surface area contributed by atoms with Gasteiger partial charge in [0, 0.05) is 39.3 Å². The molecule has 1 heterocycles. The van der Waals surface area contributed by atoms with Crippen LogP contribution in [0, 0.1) is 0 Å². The molecule has 3 aromatic rings. The van der Waals surface area contributed by atoms with Crippen molar-refractivity contribution in [3.63, 3.8) is 0 Å². The molecule has 0 saturated heterocycles. The van der Waals surface area contributed by atoms with Crippen LogP contribution in [0.1, 0.15) is 22.6 Å². The van der Waals surface area contributed by atoms with E-state index in [0.717, 1.165) is 21.2 Å². The molecular weight excluding hydrogens is 433 g/mol. The first-order valence-electron chi connectivity index (χ1n) is 8.28. The lowest BCUT2D eigenvalue weighted by Gasteiger charge is -2.24. The molecule has 1 aromatic heterocycles. The Kier molecular flexibility index (Phi) is 6.71. The van der Waals surface area contributed by atoms with Gasteiger partial charge in [-0.25, -0.2) is 0 Å². The van der Waals surface area contributed by atoms with E-state index in [1.54, 1.807) is 18.5 Å². The van der Waals surface area contributed by atoms with Crippen LogP contribution in [0.5, 0.6) is 0 Å². The van der Waals surface area contributed by atoms with Crippen molar-refractivity contribution in [2.45, 2.75) is 24.9 Å². The Morgan fingerprint density at radius 2 is 1.62 bits per heavy atom. The molecule has 5 heteroatoms. The van der Waals surface area contributed by atoms with E-state index in [2.05, 4.69) is 33.0 Å². The highest BCUT2D eigenvalue weighted by Crippen LogP contribution is 2.31. The predicted octanol–water partition coefficient (Wildman–Crippen LogP) is 6.08. The zero-order valence-corrected chi connectivity index (χ0v) is 17.0. The molecule has 0 saturated carbocycles. The molecule has 134 valence electrons. The van der Waals surface area contributed by atoms with Crippen molar-refractivity contribution < 1.29 is 5.11 Å². The van der Waals surface area contributed by atoms with Gasteiger partial charge in [0.25, 0.3) is 0 Å². The smallest absolute Gasteiger partial charge is 0.0652 e. The van der Waals surface area contributed by atoms with Gasteiger partial charge in [-0.3, -0.25) is 4.98 Å². The first-order valence-corrected chi connectivity index (χ1v) is 9.83. The molecule has 2 atom stereocenters. The summed E-state index contributed by atoms with van der Waals surface area (Å²) in [6.07, 6.45) is 4.12. The highest BCUT2D eigenvalue weighted by Gasteiger charge is 2.23.